The summed E-state index contributed by atoms with van der Waals surface area (Å²) in [4.78, 5) is 4.41. The molecule has 1 saturated carbocycles. The van der Waals surface area contributed by atoms with Crippen LogP contribution in [0.1, 0.15) is 57.2 Å². The number of aromatic nitrogens is 1. The summed E-state index contributed by atoms with van der Waals surface area (Å²) in [7, 11) is 0. The van der Waals surface area contributed by atoms with E-state index in [0.717, 1.165) is 25.7 Å². The molecule has 0 amide bonds. The van der Waals surface area contributed by atoms with Gasteiger partial charge in [-0.15, -0.1) is 0 Å². The summed E-state index contributed by atoms with van der Waals surface area (Å²) in [5, 5.41) is 10.4. The molecule has 2 rings (SSSR count). The summed E-state index contributed by atoms with van der Waals surface area (Å²) in [5.74, 6) is 0.674. The molecule has 3 nitrogen and oxygen atoms in total. The van der Waals surface area contributed by atoms with Gasteiger partial charge in [0.05, 0.1) is 5.60 Å². The molecule has 1 fully saturated rings. The van der Waals surface area contributed by atoms with Gasteiger partial charge in [-0.25, -0.2) is 0 Å². The van der Waals surface area contributed by atoms with Gasteiger partial charge < -0.3 is 10.8 Å². The molecule has 1 aromatic rings. The van der Waals surface area contributed by atoms with Crippen molar-refractivity contribution in [3.05, 3.63) is 29.6 Å². The first kappa shape index (κ1) is 14.5. The van der Waals surface area contributed by atoms with Gasteiger partial charge in [0.1, 0.15) is 0 Å². The van der Waals surface area contributed by atoms with Crippen LogP contribution in [0.2, 0.25) is 0 Å². The Morgan fingerprint density at radius 3 is 2.84 bits per heavy atom. The lowest BCUT2D eigenvalue weighted by atomic mass is 9.68. The molecule has 4 atom stereocenters. The SMILES string of the molecule is CCCc1cc(C2CC(C)C(C)(O)C(N)C2)ccn1. The molecule has 0 aromatic carbocycles. The number of pyridine rings is 1. The minimum atomic E-state index is -0.740. The van der Waals surface area contributed by atoms with Crippen LogP contribution in [0.3, 0.4) is 0 Å². The Balaban J connectivity index is 2.17. The normalized spacial score (nSPS) is 35.3. The number of aliphatic hydroxyl groups is 1. The Morgan fingerprint density at radius 1 is 1.47 bits per heavy atom. The third-order valence-electron chi connectivity index (χ3n) is 4.74. The highest BCUT2D eigenvalue weighted by Crippen LogP contribution is 2.40. The average molecular weight is 262 g/mol. The van der Waals surface area contributed by atoms with E-state index in [1.54, 1.807) is 0 Å². The van der Waals surface area contributed by atoms with Gasteiger partial charge in [0.25, 0.3) is 0 Å². The van der Waals surface area contributed by atoms with Crippen molar-refractivity contribution in [2.75, 3.05) is 0 Å². The molecule has 0 aliphatic heterocycles. The highest BCUT2D eigenvalue weighted by atomic mass is 16.3. The lowest BCUT2D eigenvalue weighted by Gasteiger charge is -2.44. The topological polar surface area (TPSA) is 59.1 Å². The van der Waals surface area contributed by atoms with E-state index in [2.05, 4.69) is 31.0 Å². The third-order valence-corrected chi connectivity index (χ3v) is 4.74. The molecule has 1 aliphatic carbocycles. The van der Waals surface area contributed by atoms with Crippen LogP contribution in [0.15, 0.2) is 18.3 Å². The second kappa shape index (κ2) is 5.59. The fourth-order valence-corrected chi connectivity index (χ4v) is 3.09. The number of aryl methyl sites for hydroxylation is 1. The second-order valence-corrected chi connectivity index (χ2v) is 6.23. The van der Waals surface area contributed by atoms with Crippen molar-refractivity contribution in [1.82, 2.24) is 4.98 Å². The van der Waals surface area contributed by atoms with E-state index in [9.17, 15) is 5.11 Å². The fraction of sp³-hybridized carbons (Fsp3) is 0.688. The molecule has 106 valence electrons. The zero-order chi connectivity index (χ0) is 14.0. The van der Waals surface area contributed by atoms with E-state index < -0.39 is 5.60 Å². The van der Waals surface area contributed by atoms with Crippen LogP contribution in [0.4, 0.5) is 0 Å². The van der Waals surface area contributed by atoms with Gasteiger partial charge in [0.15, 0.2) is 0 Å². The Morgan fingerprint density at radius 2 is 2.21 bits per heavy atom. The molecule has 0 radical (unpaired) electrons. The number of nitrogens with two attached hydrogens (primary N) is 1. The highest BCUT2D eigenvalue weighted by Gasteiger charge is 2.42. The van der Waals surface area contributed by atoms with Crippen LogP contribution in [0, 0.1) is 5.92 Å². The number of hydrogen-bond acceptors (Lipinski definition) is 3. The third kappa shape index (κ3) is 2.98. The van der Waals surface area contributed by atoms with Crippen LogP contribution in [-0.4, -0.2) is 21.7 Å². The first-order valence-corrected chi connectivity index (χ1v) is 7.38. The maximum atomic E-state index is 10.4. The smallest absolute Gasteiger partial charge is 0.0795 e. The Bertz CT molecular complexity index is 417. The molecular weight excluding hydrogens is 236 g/mol. The predicted molar refractivity (Wildman–Crippen MR) is 78.0 cm³/mol. The monoisotopic (exact) mass is 262 g/mol. The van der Waals surface area contributed by atoms with Gasteiger partial charge in [-0.05, 0) is 55.7 Å². The Kier molecular flexibility index (Phi) is 4.26. The van der Waals surface area contributed by atoms with E-state index in [1.807, 2.05) is 13.1 Å². The largest absolute Gasteiger partial charge is 0.388 e. The van der Waals surface area contributed by atoms with Gasteiger partial charge in [-0.2, -0.15) is 0 Å². The molecular formula is C16H26N2O. The summed E-state index contributed by atoms with van der Waals surface area (Å²) >= 11 is 0. The van der Waals surface area contributed by atoms with Crippen molar-refractivity contribution < 1.29 is 5.11 Å². The molecule has 3 N–H and O–H groups in total. The van der Waals surface area contributed by atoms with E-state index >= 15 is 0 Å². The van der Waals surface area contributed by atoms with Gasteiger partial charge in [0, 0.05) is 17.9 Å². The van der Waals surface area contributed by atoms with E-state index in [0.29, 0.717) is 5.92 Å². The average Bonchev–Trinajstić information content (AvgIpc) is 2.37. The van der Waals surface area contributed by atoms with Gasteiger partial charge in [-0.3, -0.25) is 4.98 Å². The van der Waals surface area contributed by atoms with Crippen LogP contribution in [0.25, 0.3) is 0 Å². The summed E-state index contributed by atoms with van der Waals surface area (Å²) in [6, 6.07) is 4.17. The lowest BCUT2D eigenvalue weighted by Crippen LogP contribution is -2.54. The first-order valence-electron chi connectivity index (χ1n) is 7.38. The standard InChI is InChI=1S/C16H26N2O/c1-4-5-14-9-12(6-7-18-14)13-8-11(2)16(3,19)15(17)10-13/h6-7,9,11,13,15,19H,4-5,8,10,17H2,1-3H3. The first-order chi connectivity index (χ1) is 8.95. The molecule has 1 aliphatic rings. The van der Waals surface area contributed by atoms with E-state index in [-0.39, 0.29) is 12.0 Å². The van der Waals surface area contributed by atoms with Gasteiger partial charge >= 0.3 is 0 Å². The summed E-state index contributed by atoms with van der Waals surface area (Å²) in [6.45, 7) is 6.14. The van der Waals surface area contributed by atoms with Crippen LogP contribution in [-0.2, 0) is 6.42 Å². The fourth-order valence-electron chi connectivity index (χ4n) is 3.09. The van der Waals surface area contributed by atoms with Crippen molar-refractivity contribution in [2.24, 2.45) is 11.7 Å². The van der Waals surface area contributed by atoms with Crippen molar-refractivity contribution in [3.63, 3.8) is 0 Å². The predicted octanol–water partition coefficient (Wildman–Crippen LogP) is 2.63. The molecule has 4 unspecified atom stereocenters. The molecule has 1 heterocycles. The van der Waals surface area contributed by atoms with Crippen LogP contribution < -0.4 is 5.73 Å². The highest BCUT2D eigenvalue weighted by molar-refractivity contribution is 5.23. The van der Waals surface area contributed by atoms with Crippen LogP contribution >= 0.6 is 0 Å². The van der Waals surface area contributed by atoms with Crippen LogP contribution in [0.5, 0.6) is 0 Å². The van der Waals surface area contributed by atoms with Crippen molar-refractivity contribution >= 4 is 0 Å². The summed E-state index contributed by atoms with van der Waals surface area (Å²) in [5.41, 5.74) is 7.92. The van der Waals surface area contributed by atoms with Crippen molar-refractivity contribution in [3.8, 4) is 0 Å². The molecule has 0 bridgehead atoms. The zero-order valence-electron chi connectivity index (χ0n) is 12.3. The van der Waals surface area contributed by atoms with Gasteiger partial charge in [-0.1, -0.05) is 20.3 Å². The minimum absolute atomic E-state index is 0.149. The summed E-state index contributed by atoms with van der Waals surface area (Å²) in [6.07, 6.45) is 5.90. The quantitative estimate of drug-likeness (QED) is 0.880. The molecule has 0 saturated heterocycles. The lowest BCUT2D eigenvalue weighted by molar-refractivity contribution is -0.0463. The minimum Gasteiger partial charge on any atom is -0.388 e. The Labute approximate surface area is 116 Å². The van der Waals surface area contributed by atoms with Gasteiger partial charge in [0.2, 0.25) is 0 Å². The second-order valence-electron chi connectivity index (χ2n) is 6.23. The number of hydrogen-bond donors (Lipinski definition) is 2. The molecule has 1 aromatic heterocycles. The number of rotatable bonds is 3. The van der Waals surface area contributed by atoms with E-state index in [4.69, 9.17) is 5.73 Å². The Hall–Kier alpha value is -0.930. The van der Waals surface area contributed by atoms with Crippen molar-refractivity contribution in [2.45, 2.75) is 64.0 Å². The van der Waals surface area contributed by atoms with Crippen molar-refractivity contribution in [1.29, 1.82) is 0 Å². The molecule has 19 heavy (non-hydrogen) atoms. The van der Waals surface area contributed by atoms with E-state index in [1.165, 1.54) is 11.3 Å². The number of nitrogens with zero attached hydrogens (tertiary/aromatic N) is 1. The zero-order valence-corrected chi connectivity index (χ0v) is 12.3. The maximum Gasteiger partial charge on any atom is 0.0795 e. The summed E-state index contributed by atoms with van der Waals surface area (Å²) < 4.78 is 0. The maximum absolute atomic E-state index is 10.4. The molecule has 3 heteroatoms. The molecule has 0 spiro atoms.